The minimum absolute atomic E-state index is 0.0766. The van der Waals surface area contributed by atoms with Gasteiger partial charge in [-0.2, -0.15) is 0 Å². The summed E-state index contributed by atoms with van der Waals surface area (Å²) in [6, 6.07) is 0. The zero-order valence-electron chi connectivity index (χ0n) is 35.5. The molecule has 322 valence electrons. The molecule has 0 aromatic rings. The molecule has 0 amide bonds. The lowest BCUT2D eigenvalue weighted by atomic mass is 10.0. The molecule has 0 fully saturated rings. The monoisotopic (exact) mass is 788 g/mol. The number of aliphatic hydroxyl groups excluding tert-OH is 1. The van der Waals surface area contributed by atoms with Crippen molar-refractivity contribution >= 4 is 13.8 Å². The average Bonchev–Trinajstić information content (AvgIpc) is 3.16. The molecule has 0 rings (SSSR count). The number of nitrogens with two attached hydrogens (primary N) is 1. The van der Waals surface area contributed by atoms with E-state index in [1.165, 1.54) is 205 Å². The number of hydrogen-bond donors (Lipinski definition) is 3. The third kappa shape index (κ3) is 44.0. The van der Waals surface area contributed by atoms with E-state index in [0.717, 1.165) is 19.3 Å². The van der Waals surface area contributed by atoms with Gasteiger partial charge in [-0.3, -0.25) is 13.8 Å². The highest BCUT2D eigenvalue weighted by Gasteiger charge is 2.22. The first-order chi connectivity index (χ1) is 26.4. The summed E-state index contributed by atoms with van der Waals surface area (Å²) in [6.45, 7) is 1.49. The van der Waals surface area contributed by atoms with Crippen LogP contribution in [0.2, 0.25) is 0 Å². The van der Waals surface area contributed by atoms with Gasteiger partial charge < -0.3 is 20.5 Å². The zero-order valence-corrected chi connectivity index (χ0v) is 36.4. The molecule has 0 aromatic heterocycles. The lowest BCUT2D eigenvalue weighted by Crippen LogP contribution is -2.23. The van der Waals surface area contributed by atoms with Crippen molar-refractivity contribution in [3.63, 3.8) is 0 Å². The van der Waals surface area contributed by atoms with Crippen molar-refractivity contribution in [2.75, 3.05) is 26.4 Å². The molecule has 0 radical (unpaired) electrons. The predicted molar refractivity (Wildman–Crippen MR) is 229 cm³/mol. The summed E-state index contributed by atoms with van der Waals surface area (Å²) >= 11 is 0. The van der Waals surface area contributed by atoms with Crippen LogP contribution >= 0.6 is 7.82 Å². The zero-order chi connectivity index (χ0) is 39.5. The molecule has 0 bridgehead atoms. The van der Waals surface area contributed by atoms with E-state index in [4.69, 9.17) is 10.5 Å². The maximum absolute atomic E-state index is 11.9. The highest BCUT2D eigenvalue weighted by Crippen LogP contribution is 2.42. The van der Waals surface area contributed by atoms with Gasteiger partial charge in [0.15, 0.2) is 0 Å². The number of carbonyl (C=O) groups is 1. The lowest BCUT2D eigenvalue weighted by Gasteiger charge is -2.15. The van der Waals surface area contributed by atoms with Crippen molar-refractivity contribution in [2.45, 2.75) is 244 Å². The molecule has 2 atom stereocenters. The fraction of sp³-hybridized carbons (Fsp3) is 0.933. The number of allylic oxidation sites excluding steroid dienone is 2. The first-order valence-corrected chi connectivity index (χ1v) is 24.7. The quantitative estimate of drug-likeness (QED) is 0.0241. The molecule has 0 saturated carbocycles. The fourth-order valence-electron chi connectivity index (χ4n) is 6.92. The Morgan fingerprint density at radius 1 is 0.537 bits per heavy atom. The Bertz CT molecular complexity index is 843. The van der Waals surface area contributed by atoms with Crippen LogP contribution in [-0.4, -0.2) is 48.4 Å². The SMILES string of the molecule is CCCCCCCCCC/C=C\CCCCCCCCCCCCCCCCCCCCCCCCCCCC(=O)OCC(O)COP(=O)(O)OCCN. The van der Waals surface area contributed by atoms with Crippen molar-refractivity contribution in [1.82, 2.24) is 0 Å². The van der Waals surface area contributed by atoms with E-state index in [-0.39, 0.29) is 25.7 Å². The summed E-state index contributed by atoms with van der Waals surface area (Å²) in [4.78, 5) is 21.2. The summed E-state index contributed by atoms with van der Waals surface area (Å²) in [7, 11) is -4.25. The maximum Gasteiger partial charge on any atom is 0.472 e. The Kier molecular flexibility index (Phi) is 42.8. The average molecular weight is 788 g/mol. The van der Waals surface area contributed by atoms with Gasteiger partial charge in [0.25, 0.3) is 0 Å². The van der Waals surface area contributed by atoms with Gasteiger partial charge in [-0.25, -0.2) is 4.57 Å². The molecule has 9 heteroatoms. The summed E-state index contributed by atoms with van der Waals surface area (Å²) in [5, 5.41) is 9.77. The van der Waals surface area contributed by atoms with Crippen molar-refractivity contribution in [3.05, 3.63) is 12.2 Å². The van der Waals surface area contributed by atoms with E-state index >= 15 is 0 Å². The summed E-state index contributed by atoms with van der Waals surface area (Å²) in [5.41, 5.74) is 5.21. The Morgan fingerprint density at radius 3 is 1.22 bits per heavy atom. The Morgan fingerprint density at radius 2 is 0.870 bits per heavy atom. The van der Waals surface area contributed by atoms with E-state index in [1.54, 1.807) is 0 Å². The standard InChI is InChI=1S/C45H90NO7P/c1-2-3-4-5-6-7-8-9-10-11-12-13-14-15-16-17-18-19-20-21-22-23-24-25-26-27-28-29-30-31-32-33-34-35-36-37-38-39-45(48)51-42-44(47)43-53-54(49,50)52-41-40-46/h11-12,44,47H,2-10,13-43,46H2,1H3,(H,49,50)/b12-11-. The lowest BCUT2D eigenvalue weighted by molar-refractivity contribution is -0.147. The number of hydrogen-bond acceptors (Lipinski definition) is 7. The molecule has 8 nitrogen and oxygen atoms in total. The van der Waals surface area contributed by atoms with Crippen molar-refractivity contribution in [2.24, 2.45) is 5.73 Å². The van der Waals surface area contributed by atoms with Crippen LogP contribution < -0.4 is 5.73 Å². The summed E-state index contributed by atoms with van der Waals surface area (Å²) in [6.07, 6.45) is 51.5. The fourth-order valence-corrected chi connectivity index (χ4v) is 7.70. The van der Waals surface area contributed by atoms with Crippen LogP contribution in [0.5, 0.6) is 0 Å². The minimum atomic E-state index is -4.25. The normalized spacial score (nSPS) is 13.5. The third-order valence-corrected chi connectivity index (χ3v) is 11.4. The van der Waals surface area contributed by atoms with E-state index in [0.29, 0.717) is 6.42 Å². The van der Waals surface area contributed by atoms with Crippen molar-refractivity contribution < 1.29 is 33.1 Å². The van der Waals surface area contributed by atoms with Crippen LogP contribution in [0.3, 0.4) is 0 Å². The number of ether oxygens (including phenoxy) is 1. The maximum atomic E-state index is 11.9. The highest BCUT2D eigenvalue weighted by molar-refractivity contribution is 7.47. The number of unbranched alkanes of at least 4 members (excludes halogenated alkanes) is 33. The van der Waals surface area contributed by atoms with Gasteiger partial charge in [-0.1, -0.05) is 212 Å². The van der Waals surface area contributed by atoms with Gasteiger partial charge in [0.2, 0.25) is 0 Å². The van der Waals surface area contributed by atoms with Gasteiger partial charge in [0.05, 0.1) is 13.2 Å². The van der Waals surface area contributed by atoms with E-state index in [2.05, 4.69) is 28.1 Å². The molecular formula is C45H90NO7P. The molecule has 2 unspecified atom stereocenters. The second kappa shape index (κ2) is 43.4. The summed E-state index contributed by atoms with van der Waals surface area (Å²) < 4.78 is 25.8. The van der Waals surface area contributed by atoms with Gasteiger partial charge in [0.1, 0.15) is 12.7 Å². The van der Waals surface area contributed by atoms with Crippen LogP contribution in [0.1, 0.15) is 238 Å². The highest BCUT2D eigenvalue weighted by atomic mass is 31.2. The summed E-state index contributed by atoms with van der Waals surface area (Å²) in [5.74, 6) is -0.379. The largest absolute Gasteiger partial charge is 0.472 e. The van der Waals surface area contributed by atoms with Gasteiger partial charge >= 0.3 is 13.8 Å². The van der Waals surface area contributed by atoms with E-state index in [9.17, 15) is 19.4 Å². The molecule has 0 spiro atoms. The van der Waals surface area contributed by atoms with Crippen molar-refractivity contribution in [3.8, 4) is 0 Å². The number of phosphoric acid groups is 1. The third-order valence-electron chi connectivity index (χ3n) is 10.4. The second-order valence-corrected chi connectivity index (χ2v) is 17.3. The molecule has 0 aliphatic heterocycles. The topological polar surface area (TPSA) is 128 Å². The van der Waals surface area contributed by atoms with E-state index in [1.807, 2.05) is 0 Å². The smallest absolute Gasteiger partial charge is 0.463 e. The van der Waals surface area contributed by atoms with Gasteiger partial charge in [-0.05, 0) is 32.1 Å². The molecular weight excluding hydrogens is 697 g/mol. The predicted octanol–water partition coefficient (Wildman–Crippen LogP) is 13.6. The Hall–Kier alpha value is -0.760. The first-order valence-electron chi connectivity index (χ1n) is 23.2. The number of carbonyl (C=O) groups excluding carboxylic acids is 1. The molecule has 0 aliphatic carbocycles. The van der Waals surface area contributed by atoms with Crippen LogP contribution in [-0.2, 0) is 23.1 Å². The van der Waals surface area contributed by atoms with Crippen LogP contribution in [0.25, 0.3) is 0 Å². The molecule has 0 heterocycles. The number of phosphoric ester groups is 1. The molecule has 0 saturated heterocycles. The Labute approximate surface area is 334 Å². The van der Waals surface area contributed by atoms with Gasteiger partial charge in [-0.15, -0.1) is 0 Å². The van der Waals surface area contributed by atoms with Crippen LogP contribution in [0, 0.1) is 0 Å². The van der Waals surface area contributed by atoms with Gasteiger partial charge in [0, 0.05) is 13.0 Å². The minimum Gasteiger partial charge on any atom is -0.463 e. The van der Waals surface area contributed by atoms with Crippen molar-refractivity contribution in [1.29, 1.82) is 0 Å². The number of esters is 1. The molecule has 0 aliphatic rings. The van der Waals surface area contributed by atoms with E-state index < -0.39 is 20.5 Å². The van der Waals surface area contributed by atoms with Crippen LogP contribution in [0.4, 0.5) is 0 Å². The number of rotatable bonds is 45. The second-order valence-electron chi connectivity index (χ2n) is 15.8. The first kappa shape index (κ1) is 53.2. The molecule has 54 heavy (non-hydrogen) atoms. The molecule has 4 N–H and O–H groups in total. The van der Waals surface area contributed by atoms with Crippen LogP contribution in [0.15, 0.2) is 12.2 Å². The Balaban J connectivity index is 3.23. The molecule has 0 aromatic carbocycles. The number of aliphatic hydroxyl groups is 1.